The summed E-state index contributed by atoms with van der Waals surface area (Å²) in [6.45, 7) is 0.425. The molecule has 5 nitrogen and oxygen atoms in total. The molecule has 0 heterocycles. The summed E-state index contributed by atoms with van der Waals surface area (Å²) in [6.07, 6.45) is 2.31. The van der Waals surface area contributed by atoms with Gasteiger partial charge in [-0.1, -0.05) is 28.1 Å². The van der Waals surface area contributed by atoms with Crippen LogP contribution in [0.25, 0.3) is 0 Å². The highest BCUT2D eigenvalue weighted by Crippen LogP contribution is 2.12. The molecule has 1 aromatic carbocycles. The van der Waals surface area contributed by atoms with Crippen molar-refractivity contribution in [3.8, 4) is 0 Å². The minimum absolute atomic E-state index is 0.383. The number of carboxylic acids is 1. The summed E-state index contributed by atoms with van der Waals surface area (Å²) >= 11 is 4.91. The van der Waals surface area contributed by atoms with Gasteiger partial charge in [-0.25, -0.2) is 9.59 Å². The number of hydrogen-bond acceptors (Lipinski definition) is 3. The van der Waals surface area contributed by atoms with Crippen LogP contribution < -0.4 is 5.32 Å². The smallest absolute Gasteiger partial charge is 0.326 e. The van der Waals surface area contributed by atoms with Crippen LogP contribution in [-0.4, -0.2) is 47.1 Å². The van der Waals surface area contributed by atoms with Crippen LogP contribution >= 0.6 is 27.7 Å². The van der Waals surface area contributed by atoms with Gasteiger partial charge in [0.2, 0.25) is 0 Å². The minimum atomic E-state index is -1.01. The molecule has 116 valence electrons. The molecular formula is C14H19BrN2O3S. The Labute approximate surface area is 137 Å². The standard InChI is InChI=1S/C14H19BrN2O3S/c1-17(9-10-3-5-11(15)6-4-10)14(20)16-12(13(18)19)7-8-21-2/h3-6,12H,7-9H2,1-2H3,(H,16,20)(H,18,19). The number of nitrogens with zero attached hydrogens (tertiary/aromatic N) is 1. The van der Waals surface area contributed by atoms with Crippen molar-refractivity contribution in [1.82, 2.24) is 10.2 Å². The van der Waals surface area contributed by atoms with Crippen molar-refractivity contribution in [1.29, 1.82) is 0 Å². The van der Waals surface area contributed by atoms with Gasteiger partial charge in [-0.05, 0) is 36.1 Å². The van der Waals surface area contributed by atoms with E-state index < -0.39 is 12.0 Å². The van der Waals surface area contributed by atoms with Crippen molar-refractivity contribution >= 4 is 39.7 Å². The third kappa shape index (κ3) is 6.39. The molecule has 0 bridgehead atoms. The van der Waals surface area contributed by atoms with E-state index in [1.165, 1.54) is 4.90 Å². The Hall–Kier alpha value is -1.21. The van der Waals surface area contributed by atoms with Crippen LogP contribution in [0.1, 0.15) is 12.0 Å². The summed E-state index contributed by atoms with van der Waals surface area (Å²) in [5.74, 6) is -0.317. The van der Waals surface area contributed by atoms with E-state index in [9.17, 15) is 9.59 Å². The van der Waals surface area contributed by atoms with Crippen molar-refractivity contribution < 1.29 is 14.7 Å². The second-order valence-electron chi connectivity index (χ2n) is 4.60. The molecule has 1 atom stereocenters. The summed E-state index contributed by atoms with van der Waals surface area (Å²) in [5.41, 5.74) is 0.979. The molecule has 0 aliphatic heterocycles. The second kappa shape index (κ2) is 8.94. The second-order valence-corrected chi connectivity index (χ2v) is 6.51. The van der Waals surface area contributed by atoms with Crippen LogP contribution in [0.3, 0.4) is 0 Å². The van der Waals surface area contributed by atoms with Crippen LogP contribution in [0.2, 0.25) is 0 Å². The number of carbonyl (C=O) groups is 2. The van der Waals surface area contributed by atoms with Gasteiger partial charge >= 0.3 is 12.0 Å². The Balaban J connectivity index is 2.56. The highest BCUT2D eigenvalue weighted by Gasteiger charge is 2.21. The monoisotopic (exact) mass is 374 g/mol. The molecule has 0 fully saturated rings. The molecule has 0 saturated carbocycles. The molecule has 0 aliphatic carbocycles. The zero-order chi connectivity index (χ0) is 15.8. The fraction of sp³-hybridized carbons (Fsp3) is 0.429. The molecule has 2 N–H and O–H groups in total. The lowest BCUT2D eigenvalue weighted by molar-refractivity contribution is -0.139. The maximum atomic E-state index is 12.0. The number of rotatable bonds is 7. The summed E-state index contributed by atoms with van der Waals surface area (Å²) in [4.78, 5) is 24.6. The van der Waals surface area contributed by atoms with E-state index in [4.69, 9.17) is 5.11 Å². The minimum Gasteiger partial charge on any atom is -0.480 e. The number of amides is 2. The molecular weight excluding hydrogens is 356 g/mol. The third-order valence-corrected chi connectivity index (χ3v) is 4.06. The van der Waals surface area contributed by atoms with E-state index in [-0.39, 0.29) is 6.03 Å². The van der Waals surface area contributed by atoms with Gasteiger partial charge in [0.05, 0.1) is 0 Å². The lowest BCUT2D eigenvalue weighted by Gasteiger charge is -2.21. The average molecular weight is 375 g/mol. The van der Waals surface area contributed by atoms with Crippen LogP contribution in [0.5, 0.6) is 0 Å². The Morgan fingerprint density at radius 3 is 2.52 bits per heavy atom. The van der Waals surface area contributed by atoms with E-state index >= 15 is 0 Å². The predicted molar refractivity (Wildman–Crippen MR) is 88.6 cm³/mol. The molecule has 0 aliphatic rings. The first-order valence-electron chi connectivity index (χ1n) is 6.42. The van der Waals surface area contributed by atoms with E-state index in [2.05, 4.69) is 21.2 Å². The zero-order valence-electron chi connectivity index (χ0n) is 12.0. The van der Waals surface area contributed by atoms with Crippen molar-refractivity contribution in [2.45, 2.75) is 19.0 Å². The molecule has 0 spiro atoms. The lowest BCUT2D eigenvalue weighted by atomic mass is 10.2. The van der Waals surface area contributed by atoms with Crippen LogP contribution in [0.4, 0.5) is 4.79 Å². The number of halogens is 1. The zero-order valence-corrected chi connectivity index (χ0v) is 14.4. The summed E-state index contributed by atoms with van der Waals surface area (Å²) in [7, 11) is 1.64. The van der Waals surface area contributed by atoms with E-state index in [0.29, 0.717) is 18.7 Å². The summed E-state index contributed by atoms with van der Waals surface area (Å²) in [6, 6.07) is 6.40. The fourth-order valence-corrected chi connectivity index (χ4v) is 2.42. The largest absolute Gasteiger partial charge is 0.480 e. The van der Waals surface area contributed by atoms with Gasteiger partial charge in [0.25, 0.3) is 0 Å². The van der Waals surface area contributed by atoms with E-state index in [1.807, 2.05) is 30.5 Å². The fourth-order valence-electron chi connectivity index (χ4n) is 1.69. The van der Waals surface area contributed by atoms with Crippen LogP contribution in [-0.2, 0) is 11.3 Å². The molecule has 1 rings (SSSR count). The van der Waals surface area contributed by atoms with Gasteiger partial charge in [-0.3, -0.25) is 0 Å². The number of aliphatic carboxylic acids is 1. The van der Waals surface area contributed by atoms with Crippen molar-refractivity contribution in [2.75, 3.05) is 19.1 Å². The van der Waals surface area contributed by atoms with Gasteiger partial charge in [0, 0.05) is 18.1 Å². The van der Waals surface area contributed by atoms with Crippen molar-refractivity contribution in [3.63, 3.8) is 0 Å². The number of benzene rings is 1. The van der Waals surface area contributed by atoms with Crippen molar-refractivity contribution in [3.05, 3.63) is 34.3 Å². The van der Waals surface area contributed by atoms with Gasteiger partial charge in [-0.2, -0.15) is 11.8 Å². The number of urea groups is 1. The molecule has 1 unspecified atom stereocenters. The Morgan fingerprint density at radius 1 is 1.38 bits per heavy atom. The molecule has 2 amide bonds. The summed E-state index contributed by atoms with van der Waals surface area (Å²) < 4.78 is 0.973. The molecule has 0 radical (unpaired) electrons. The highest BCUT2D eigenvalue weighted by molar-refractivity contribution is 9.10. The quantitative estimate of drug-likeness (QED) is 0.769. The number of carbonyl (C=O) groups excluding carboxylic acids is 1. The van der Waals surface area contributed by atoms with Gasteiger partial charge in [-0.15, -0.1) is 0 Å². The SMILES string of the molecule is CSCCC(NC(=O)N(C)Cc1ccc(Br)cc1)C(=O)O. The number of hydrogen-bond donors (Lipinski definition) is 2. The first-order chi connectivity index (χ1) is 9.93. The maximum Gasteiger partial charge on any atom is 0.326 e. The molecule has 7 heteroatoms. The molecule has 21 heavy (non-hydrogen) atoms. The third-order valence-electron chi connectivity index (χ3n) is 2.89. The van der Waals surface area contributed by atoms with Gasteiger partial charge in [0.1, 0.15) is 6.04 Å². The first kappa shape index (κ1) is 17.8. The molecule has 0 saturated heterocycles. The van der Waals surface area contributed by atoms with Crippen LogP contribution in [0.15, 0.2) is 28.7 Å². The summed E-state index contributed by atoms with van der Waals surface area (Å²) in [5, 5.41) is 11.7. The van der Waals surface area contributed by atoms with Gasteiger partial charge in [0.15, 0.2) is 0 Å². The van der Waals surface area contributed by atoms with E-state index in [0.717, 1.165) is 10.0 Å². The number of thioether (sulfide) groups is 1. The maximum absolute atomic E-state index is 12.0. The lowest BCUT2D eigenvalue weighted by Crippen LogP contribution is -2.46. The Kier molecular flexibility index (Phi) is 7.60. The molecule has 0 aromatic heterocycles. The van der Waals surface area contributed by atoms with Crippen LogP contribution in [0, 0.1) is 0 Å². The first-order valence-corrected chi connectivity index (χ1v) is 8.60. The van der Waals surface area contributed by atoms with E-state index in [1.54, 1.807) is 18.8 Å². The highest BCUT2D eigenvalue weighted by atomic mass is 79.9. The molecule has 1 aromatic rings. The number of nitrogens with one attached hydrogen (secondary N) is 1. The average Bonchev–Trinajstić information content (AvgIpc) is 2.45. The Morgan fingerprint density at radius 2 is 2.00 bits per heavy atom. The predicted octanol–water partition coefficient (Wildman–Crippen LogP) is 2.80. The topological polar surface area (TPSA) is 69.6 Å². The number of carboxylic acid groups (broad SMARTS) is 1. The Bertz CT molecular complexity index is 482. The van der Waals surface area contributed by atoms with Gasteiger partial charge < -0.3 is 15.3 Å². The van der Waals surface area contributed by atoms with Crippen molar-refractivity contribution in [2.24, 2.45) is 0 Å². The normalized spacial score (nSPS) is 11.8.